The van der Waals surface area contributed by atoms with Gasteiger partial charge in [-0.2, -0.15) is 13.2 Å². The number of rotatable bonds is 6. The van der Waals surface area contributed by atoms with Crippen LogP contribution in [-0.4, -0.2) is 29.2 Å². The molecule has 32 heavy (non-hydrogen) atoms. The molecular formula is C25H27F3N2O2. The monoisotopic (exact) mass is 444 g/mol. The molecule has 4 nitrogen and oxygen atoms in total. The summed E-state index contributed by atoms with van der Waals surface area (Å²) < 4.78 is 38.7. The molecule has 2 aliphatic rings. The van der Waals surface area contributed by atoms with Crippen LogP contribution in [0.25, 0.3) is 0 Å². The van der Waals surface area contributed by atoms with E-state index in [9.17, 15) is 18.0 Å². The van der Waals surface area contributed by atoms with Gasteiger partial charge in [0.25, 0.3) is 0 Å². The molecule has 4 rings (SSSR count). The van der Waals surface area contributed by atoms with E-state index in [-0.39, 0.29) is 24.5 Å². The van der Waals surface area contributed by atoms with Gasteiger partial charge in [0.1, 0.15) is 0 Å². The topological polar surface area (TPSA) is 41.9 Å². The maximum Gasteiger partial charge on any atom is 0.416 e. The molecule has 1 heterocycles. The second-order valence-corrected chi connectivity index (χ2v) is 8.73. The van der Waals surface area contributed by atoms with Crippen LogP contribution in [0.15, 0.2) is 53.7 Å². The van der Waals surface area contributed by atoms with E-state index < -0.39 is 11.7 Å². The van der Waals surface area contributed by atoms with Gasteiger partial charge in [-0.15, -0.1) is 0 Å². The Kier molecular flexibility index (Phi) is 6.53. The fraction of sp³-hybridized carbons (Fsp3) is 0.440. The van der Waals surface area contributed by atoms with Crippen molar-refractivity contribution in [2.45, 2.75) is 57.9 Å². The third-order valence-electron chi connectivity index (χ3n) is 6.21. The normalized spacial score (nSPS) is 19.0. The smallest absolute Gasteiger partial charge is 0.390 e. The van der Waals surface area contributed by atoms with Crippen LogP contribution in [0, 0.1) is 12.8 Å². The molecule has 170 valence electrons. The summed E-state index contributed by atoms with van der Waals surface area (Å²) in [6.45, 7) is 2.63. The fourth-order valence-electron chi connectivity index (χ4n) is 4.37. The van der Waals surface area contributed by atoms with E-state index in [1.165, 1.54) is 12.1 Å². The van der Waals surface area contributed by atoms with Gasteiger partial charge in [-0.25, -0.2) is 0 Å². The van der Waals surface area contributed by atoms with Crippen molar-refractivity contribution in [1.29, 1.82) is 0 Å². The molecule has 0 spiro atoms. The van der Waals surface area contributed by atoms with Crippen LogP contribution in [0.2, 0.25) is 0 Å². The van der Waals surface area contributed by atoms with Gasteiger partial charge in [0.15, 0.2) is 6.10 Å². The lowest BCUT2D eigenvalue weighted by Gasteiger charge is -2.27. The molecule has 1 aliphatic carbocycles. The first-order valence-corrected chi connectivity index (χ1v) is 11.0. The lowest BCUT2D eigenvalue weighted by molar-refractivity contribution is -0.138. The number of nitrogens with zero attached hydrogens (tertiary/aromatic N) is 2. The standard InChI is InChI=1S/C25H27F3N2O2/c1-17-6-10-19(11-7-17)23-14-22(32-29-23)16-30(24(31)20-4-2-3-5-20)15-18-8-12-21(13-9-18)25(26,27)28/h6-13,20,22H,2-5,14-16H2,1H3/t22-/m1/s1. The van der Waals surface area contributed by atoms with E-state index in [0.29, 0.717) is 18.5 Å². The van der Waals surface area contributed by atoms with Crippen LogP contribution in [-0.2, 0) is 22.4 Å². The van der Waals surface area contributed by atoms with Crippen molar-refractivity contribution < 1.29 is 22.8 Å². The van der Waals surface area contributed by atoms with Gasteiger partial charge in [-0.3, -0.25) is 4.79 Å². The Morgan fingerprint density at radius 3 is 2.34 bits per heavy atom. The summed E-state index contributed by atoms with van der Waals surface area (Å²) in [5.41, 5.74) is 2.98. The molecule has 1 atom stereocenters. The Balaban J connectivity index is 1.45. The third-order valence-corrected chi connectivity index (χ3v) is 6.21. The highest BCUT2D eigenvalue weighted by Gasteiger charge is 2.33. The Morgan fingerprint density at radius 2 is 1.72 bits per heavy atom. The minimum atomic E-state index is -4.38. The molecule has 0 radical (unpaired) electrons. The number of hydrogen-bond acceptors (Lipinski definition) is 3. The van der Waals surface area contributed by atoms with Crippen molar-refractivity contribution in [3.8, 4) is 0 Å². The van der Waals surface area contributed by atoms with Crippen molar-refractivity contribution >= 4 is 11.6 Å². The number of aryl methyl sites for hydroxylation is 1. The van der Waals surface area contributed by atoms with Crippen molar-refractivity contribution in [3.63, 3.8) is 0 Å². The fourth-order valence-corrected chi connectivity index (χ4v) is 4.37. The zero-order valence-corrected chi connectivity index (χ0v) is 18.1. The third kappa shape index (κ3) is 5.31. The van der Waals surface area contributed by atoms with E-state index in [2.05, 4.69) is 5.16 Å². The highest BCUT2D eigenvalue weighted by atomic mass is 19.4. The quantitative estimate of drug-likeness (QED) is 0.571. The molecule has 2 aromatic rings. The van der Waals surface area contributed by atoms with Gasteiger partial charge in [0, 0.05) is 18.9 Å². The number of oxime groups is 1. The Hall–Kier alpha value is -2.83. The van der Waals surface area contributed by atoms with E-state index >= 15 is 0 Å². The average Bonchev–Trinajstić information content (AvgIpc) is 3.46. The molecule has 1 aliphatic heterocycles. The number of benzene rings is 2. The Morgan fingerprint density at radius 1 is 1.06 bits per heavy atom. The molecular weight excluding hydrogens is 417 g/mol. The minimum absolute atomic E-state index is 0.0247. The Bertz CT molecular complexity index is 962. The molecule has 1 fully saturated rings. The molecule has 0 N–H and O–H groups in total. The number of carbonyl (C=O) groups is 1. The number of carbonyl (C=O) groups excluding carboxylic acids is 1. The maximum absolute atomic E-state index is 13.2. The second kappa shape index (κ2) is 9.35. The van der Waals surface area contributed by atoms with Gasteiger partial charge in [-0.05, 0) is 43.0 Å². The van der Waals surface area contributed by atoms with Crippen LogP contribution in [0.5, 0.6) is 0 Å². The highest BCUT2D eigenvalue weighted by Crippen LogP contribution is 2.31. The second-order valence-electron chi connectivity index (χ2n) is 8.73. The summed E-state index contributed by atoms with van der Waals surface area (Å²) in [4.78, 5) is 20.6. The predicted octanol–water partition coefficient (Wildman–Crippen LogP) is 5.73. The summed E-state index contributed by atoms with van der Waals surface area (Å²) in [6, 6.07) is 13.1. The summed E-state index contributed by atoms with van der Waals surface area (Å²) in [7, 11) is 0. The van der Waals surface area contributed by atoms with Gasteiger partial charge in [-0.1, -0.05) is 60.0 Å². The first kappa shape index (κ1) is 22.4. The van der Waals surface area contributed by atoms with Crippen molar-refractivity contribution in [1.82, 2.24) is 4.90 Å². The zero-order chi connectivity index (χ0) is 22.7. The lowest BCUT2D eigenvalue weighted by Crippen LogP contribution is -2.40. The molecule has 2 aromatic carbocycles. The summed E-state index contributed by atoms with van der Waals surface area (Å²) >= 11 is 0. The van der Waals surface area contributed by atoms with Gasteiger partial charge in [0.2, 0.25) is 5.91 Å². The Labute approximate surface area is 186 Å². The number of halogens is 3. The minimum Gasteiger partial charge on any atom is -0.390 e. The van der Waals surface area contributed by atoms with E-state index in [0.717, 1.165) is 54.7 Å². The molecule has 0 bridgehead atoms. The van der Waals surface area contributed by atoms with Gasteiger partial charge in [0.05, 0.1) is 17.8 Å². The molecule has 0 saturated heterocycles. The van der Waals surface area contributed by atoms with E-state index in [4.69, 9.17) is 4.84 Å². The van der Waals surface area contributed by atoms with Crippen LogP contribution < -0.4 is 0 Å². The van der Waals surface area contributed by atoms with Gasteiger partial charge >= 0.3 is 6.18 Å². The SMILES string of the molecule is Cc1ccc(C2=NO[C@@H](CN(Cc3ccc(C(F)(F)F)cc3)C(=O)C3CCCC3)C2)cc1. The van der Waals surface area contributed by atoms with Crippen molar-refractivity contribution in [2.75, 3.05) is 6.54 Å². The van der Waals surface area contributed by atoms with Gasteiger partial charge < -0.3 is 9.74 Å². The van der Waals surface area contributed by atoms with Crippen molar-refractivity contribution in [2.24, 2.45) is 11.1 Å². The molecule has 7 heteroatoms. The first-order chi connectivity index (χ1) is 15.3. The largest absolute Gasteiger partial charge is 0.416 e. The molecule has 0 aromatic heterocycles. The maximum atomic E-state index is 13.2. The molecule has 1 saturated carbocycles. The van der Waals surface area contributed by atoms with E-state index in [1.807, 2.05) is 31.2 Å². The van der Waals surface area contributed by atoms with E-state index in [1.54, 1.807) is 4.90 Å². The summed E-state index contributed by atoms with van der Waals surface area (Å²) in [6.07, 6.45) is -0.274. The predicted molar refractivity (Wildman–Crippen MR) is 116 cm³/mol. The van der Waals surface area contributed by atoms with Crippen molar-refractivity contribution in [3.05, 3.63) is 70.8 Å². The summed E-state index contributed by atoms with van der Waals surface area (Å²) in [5.74, 6) is 0.0260. The molecule has 1 amide bonds. The number of amides is 1. The number of alkyl halides is 3. The van der Waals surface area contributed by atoms with Crippen LogP contribution in [0.4, 0.5) is 13.2 Å². The van der Waals surface area contributed by atoms with Crippen LogP contribution in [0.1, 0.15) is 54.4 Å². The average molecular weight is 444 g/mol. The lowest BCUT2D eigenvalue weighted by atomic mass is 10.0. The van der Waals surface area contributed by atoms with Crippen LogP contribution in [0.3, 0.4) is 0 Å². The number of hydrogen-bond donors (Lipinski definition) is 0. The first-order valence-electron chi connectivity index (χ1n) is 11.0. The zero-order valence-electron chi connectivity index (χ0n) is 18.1. The highest BCUT2D eigenvalue weighted by molar-refractivity contribution is 6.01. The summed E-state index contributed by atoms with van der Waals surface area (Å²) in [5, 5.41) is 4.23. The molecule has 0 unspecified atom stereocenters. The van der Waals surface area contributed by atoms with Crippen LogP contribution >= 0.6 is 0 Å².